The van der Waals surface area contributed by atoms with Crippen molar-refractivity contribution in [1.29, 1.82) is 0 Å². The monoisotopic (exact) mass is 455 g/mol. The molecule has 3 amide bonds. The molecule has 1 atom stereocenters. The molecule has 0 bridgehead atoms. The molecule has 0 saturated heterocycles. The number of imide groups is 1. The summed E-state index contributed by atoms with van der Waals surface area (Å²) in [6.45, 7) is 1.66. The zero-order chi connectivity index (χ0) is 22.5. The summed E-state index contributed by atoms with van der Waals surface area (Å²) in [6.07, 6.45) is 1.87. The second-order valence-electron chi connectivity index (χ2n) is 7.29. The number of nitrogens with zero attached hydrogens (tertiary/aromatic N) is 3. The average Bonchev–Trinajstić information content (AvgIpc) is 3.51. The van der Waals surface area contributed by atoms with Gasteiger partial charge in [-0.15, -0.1) is 10.2 Å². The Kier molecular flexibility index (Phi) is 6.69. The number of rotatable bonds is 8. The van der Waals surface area contributed by atoms with Crippen molar-refractivity contribution in [2.75, 3.05) is 0 Å². The highest BCUT2D eigenvalue weighted by molar-refractivity contribution is 8.00. The van der Waals surface area contributed by atoms with Crippen molar-refractivity contribution in [1.82, 2.24) is 25.4 Å². The van der Waals surface area contributed by atoms with Gasteiger partial charge in [0.1, 0.15) is 6.61 Å². The van der Waals surface area contributed by atoms with Crippen LogP contribution in [-0.4, -0.2) is 38.0 Å². The summed E-state index contributed by atoms with van der Waals surface area (Å²) in [5, 5.41) is 13.3. The van der Waals surface area contributed by atoms with E-state index in [9.17, 15) is 14.0 Å². The summed E-state index contributed by atoms with van der Waals surface area (Å²) < 4.78 is 21.3. The second kappa shape index (κ2) is 9.82. The normalized spacial score (nSPS) is 13.9. The molecule has 166 valence electrons. The van der Waals surface area contributed by atoms with Crippen LogP contribution in [0.25, 0.3) is 5.69 Å². The fourth-order valence-electron chi connectivity index (χ4n) is 2.88. The van der Waals surface area contributed by atoms with Crippen LogP contribution in [0.2, 0.25) is 0 Å². The first-order chi connectivity index (χ1) is 15.5. The number of amides is 3. The van der Waals surface area contributed by atoms with E-state index in [2.05, 4.69) is 20.8 Å². The second-order valence-corrected chi connectivity index (χ2v) is 8.59. The Balaban J connectivity index is 1.50. The van der Waals surface area contributed by atoms with Gasteiger partial charge in [0.05, 0.1) is 5.25 Å². The molecule has 2 aromatic carbocycles. The van der Waals surface area contributed by atoms with Crippen LogP contribution in [0.3, 0.4) is 0 Å². The number of urea groups is 1. The molecule has 1 fully saturated rings. The standard InChI is InChI=1S/C22H22FN5O3S/c1-14(20(29)25-21(30)24-15-11-12-15)32-22-27-26-19(28(22)16-7-3-2-4-8-16)13-31-18-10-6-5-9-17(18)23/h2-10,14-15H,11-13H2,1H3,(H2,24,25,29,30). The molecule has 1 heterocycles. The number of para-hydroxylation sites is 2. The lowest BCUT2D eigenvalue weighted by molar-refractivity contribution is -0.119. The zero-order valence-corrected chi connectivity index (χ0v) is 18.1. The predicted octanol–water partition coefficient (Wildman–Crippen LogP) is 3.45. The van der Waals surface area contributed by atoms with E-state index < -0.39 is 23.0 Å². The van der Waals surface area contributed by atoms with E-state index in [-0.39, 0.29) is 18.4 Å². The van der Waals surface area contributed by atoms with Crippen molar-refractivity contribution in [2.24, 2.45) is 0 Å². The van der Waals surface area contributed by atoms with Gasteiger partial charge in [-0.2, -0.15) is 0 Å². The summed E-state index contributed by atoms with van der Waals surface area (Å²) in [4.78, 5) is 24.3. The highest BCUT2D eigenvalue weighted by atomic mass is 32.2. The Morgan fingerprint density at radius 2 is 1.88 bits per heavy atom. The molecule has 32 heavy (non-hydrogen) atoms. The summed E-state index contributed by atoms with van der Waals surface area (Å²) >= 11 is 1.16. The molecule has 10 heteroatoms. The molecule has 1 aromatic heterocycles. The lowest BCUT2D eigenvalue weighted by Gasteiger charge is -2.14. The van der Waals surface area contributed by atoms with Gasteiger partial charge in [0, 0.05) is 11.7 Å². The lowest BCUT2D eigenvalue weighted by atomic mass is 10.3. The van der Waals surface area contributed by atoms with Gasteiger partial charge in [-0.3, -0.25) is 14.7 Å². The van der Waals surface area contributed by atoms with Crippen molar-refractivity contribution in [2.45, 2.75) is 42.8 Å². The maximum absolute atomic E-state index is 13.9. The molecule has 0 radical (unpaired) electrons. The molecule has 2 N–H and O–H groups in total. The van der Waals surface area contributed by atoms with Gasteiger partial charge in [0.25, 0.3) is 0 Å². The van der Waals surface area contributed by atoms with E-state index >= 15 is 0 Å². The van der Waals surface area contributed by atoms with Crippen molar-refractivity contribution >= 4 is 23.7 Å². The van der Waals surface area contributed by atoms with Crippen LogP contribution in [0.1, 0.15) is 25.6 Å². The summed E-state index contributed by atoms with van der Waals surface area (Å²) in [7, 11) is 0. The highest BCUT2D eigenvalue weighted by Gasteiger charge is 2.26. The van der Waals surface area contributed by atoms with E-state index in [1.807, 2.05) is 30.3 Å². The Labute approximate surface area is 188 Å². The molecule has 1 aliphatic carbocycles. The minimum atomic E-state index is -0.605. The van der Waals surface area contributed by atoms with E-state index in [4.69, 9.17) is 4.74 Å². The lowest BCUT2D eigenvalue weighted by Crippen LogP contribution is -2.43. The number of carbonyl (C=O) groups excluding carboxylic acids is 2. The first kappa shape index (κ1) is 21.8. The van der Waals surface area contributed by atoms with Crippen molar-refractivity contribution in [3.05, 3.63) is 66.2 Å². The Morgan fingerprint density at radius 1 is 1.16 bits per heavy atom. The van der Waals surface area contributed by atoms with Gasteiger partial charge in [0.2, 0.25) is 5.91 Å². The quantitative estimate of drug-likeness (QED) is 0.505. The fourth-order valence-corrected chi connectivity index (χ4v) is 3.77. The minimum absolute atomic E-state index is 0.0201. The number of hydrogen-bond donors (Lipinski definition) is 2. The SMILES string of the molecule is CC(Sc1nnc(COc2ccccc2F)n1-c1ccccc1)C(=O)NC(=O)NC1CC1. The molecule has 8 nitrogen and oxygen atoms in total. The molecule has 0 aliphatic heterocycles. The third kappa shape index (κ3) is 5.44. The van der Waals surface area contributed by atoms with Crippen LogP contribution in [0.4, 0.5) is 9.18 Å². The van der Waals surface area contributed by atoms with Gasteiger partial charge in [-0.1, -0.05) is 42.1 Å². The molecule has 1 aliphatic rings. The van der Waals surface area contributed by atoms with Gasteiger partial charge in [-0.05, 0) is 44.0 Å². The molecular formula is C22H22FN5O3S. The third-order valence-electron chi connectivity index (χ3n) is 4.71. The van der Waals surface area contributed by atoms with E-state index in [1.165, 1.54) is 12.1 Å². The summed E-state index contributed by atoms with van der Waals surface area (Å²) in [5.74, 6) is -0.345. The first-order valence-corrected chi connectivity index (χ1v) is 11.0. The van der Waals surface area contributed by atoms with Gasteiger partial charge < -0.3 is 10.1 Å². The van der Waals surface area contributed by atoms with Crippen molar-refractivity contribution in [3.8, 4) is 11.4 Å². The number of ether oxygens (including phenoxy) is 1. The third-order valence-corrected chi connectivity index (χ3v) is 5.75. The number of aromatic nitrogens is 3. The van der Waals surface area contributed by atoms with Crippen LogP contribution in [0.5, 0.6) is 5.75 Å². The van der Waals surface area contributed by atoms with E-state index in [0.29, 0.717) is 11.0 Å². The molecular weight excluding hydrogens is 433 g/mol. The Bertz CT molecular complexity index is 1100. The van der Waals surface area contributed by atoms with Gasteiger partial charge >= 0.3 is 6.03 Å². The number of thioether (sulfide) groups is 1. The fraction of sp³-hybridized carbons (Fsp3) is 0.273. The van der Waals surface area contributed by atoms with Crippen molar-refractivity contribution < 1.29 is 18.7 Å². The molecule has 1 saturated carbocycles. The maximum Gasteiger partial charge on any atom is 0.321 e. The summed E-state index contributed by atoms with van der Waals surface area (Å²) in [6, 6.07) is 15.1. The molecule has 1 unspecified atom stereocenters. The van der Waals surface area contributed by atoms with Crippen molar-refractivity contribution in [3.63, 3.8) is 0 Å². The maximum atomic E-state index is 13.9. The van der Waals surface area contributed by atoms with Crippen LogP contribution >= 0.6 is 11.8 Å². The largest absolute Gasteiger partial charge is 0.483 e. The minimum Gasteiger partial charge on any atom is -0.483 e. The number of halogens is 1. The number of carbonyl (C=O) groups is 2. The first-order valence-electron chi connectivity index (χ1n) is 10.2. The number of hydrogen-bond acceptors (Lipinski definition) is 6. The zero-order valence-electron chi connectivity index (χ0n) is 17.3. The van der Waals surface area contributed by atoms with Gasteiger partial charge in [0.15, 0.2) is 22.5 Å². The van der Waals surface area contributed by atoms with Crippen LogP contribution < -0.4 is 15.4 Å². The number of benzene rings is 2. The highest BCUT2D eigenvalue weighted by Crippen LogP contribution is 2.27. The van der Waals surface area contributed by atoms with E-state index in [0.717, 1.165) is 30.3 Å². The van der Waals surface area contributed by atoms with E-state index in [1.54, 1.807) is 23.6 Å². The topological polar surface area (TPSA) is 98.1 Å². The van der Waals surface area contributed by atoms with Gasteiger partial charge in [-0.25, -0.2) is 9.18 Å². The van der Waals surface area contributed by atoms with Crippen LogP contribution in [-0.2, 0) is 11.4 Å². The Morgan fingerprint density at radius 3 is 2.59 bits per heavy atom. The Hall–Kier alpha value is -3.40. The molecule has 0 spiro atoms. The number of nitrogens with one attached hydrogen (secondary N) is 2. The van der Waals surface area contributed by atoms with Crippen LogP contribution in [0, 0.1) is 5.82 Å². The molecule has 3 aromatic rings. The molecule has 4 rings (SSSR count). The predicted molar refractivity (Wildman–Crippen MR) is 117 cm³/mol. The average molecular weight is 456 g/mol. The summed E-state index contributed by atoms with van der Waals surface area (Å²) in [5.41, 5.74) is 0.770. The smallest absolute Gasteiger partial charge is 0.321 e. The van der Waals surface area contributed by atoms with Crippen LogP contribution in [0.15, 0.2) is 59.8 Å².